The van der Waals surface area contributed by atoms with E-state index in [2.05, 4.69) is 4.98 Å². The van der Waals surface area contributed by atoms with Gasteiger partial charge in [0.15, 0.2) is 0 Å². The molecule has 3 nitrogen and oxygen atoms in total. The number of fused-ring (bicyclic) bond motifs is 1. The predicted molar refractivity (Wildman–Crippen MR) is 119 cm³/mol. The third kappa shape index (κ3) is 5.13. The second-order valence-electron chi connectivity index (χ2n) is 8.01. The highest BCUT2D eigenvalue weighted by molar-refractivity contribution is 6.08. The lowest BCUT2D eigenvalue weighted by molar-refractivity contribution is -0.143. The second kappa shape index (κ2) is 9.05. The Morgan fingerprint density at radius 3 is 2.00 bits per heavy atom. The fourth-order valence-corrected chi connectivity index (χ4v) is 3.86. The van der Waals surface area contributed by atoms with Crippen LogP contribution >= 0.6 is 0 Å². The molecule has 9 heteroatoms. The summed E-state index contributed by atoms with van der Waals surface area (Å²) in [5, 5.41) is 1.52. The quantitative estimate of drug-likeness (QED) is 0.285. The van der Waals surface area contributed by atoms with E-state index < -0.39 is 35.9 Å². The summed E-state index contributed by atoms with van der Waals surface area (Å²) in [7, 11) is 1.31. The van der Waals surface area contributed by atoms with Crippen molar-refractivity contribution in [2.45, 2.75) is 18.9 Å². The van der Waals surface area contributed by atoms with Crippen LogP contribution in [0.3, 0.4) is 0 Å². The Kier molecular flexibility index (Phi) is 6.27. The Bertz CT molecular complexity index is 1350. The number of rotatable bonds is 4. The summed E-state index contributed by atoms with van der Waals surface area (Å²) < 4.78 is 79.4. The van der Waals surface area contributed by atoms with E-state index in [-0.39, 0.29) is 17.3 Å². The Labute approximate surface area is 196 Å². The molecule has 0 radical (unpaired) electrons. The normalized spacial score (nSPS) is 12.1. The largest absolute Gasteiger partial charge is 0.416 e. The summed E-state index contributed by atoms with van der Waals surface area (Å²) in [5.74, 6) is -0.638. The third-order valence-corrected chi connectivity index (χ3v) is 5.48. The number of hydrogen-bond donors (Lipinski definition) is 0. The number of aromatic nitrogens is 1. The van der Waals surface area contributed by atoms with Crippen LogP contribution in [-0.2, 0) is 18.9 Å². The van der Waals surface area contributed by atoms with E-state index in [1.54, 1.807) is 30.3 Å². The highest BCUT2D eigenvalue weighted by Gasteiger charge is 2.37. The van der Waals surface area contributed by atoms with Gasteiger partial charge in [-0.25, -0.2) is 4.98 Å². The van der Waals surface area contributed by atoms with Gasteiger partial charge in [0, 0.05) is 30.7 Å². The molecule has 1 heterocycles. The Hall–Kier alpha value is -3.88. The topological polar surface area (TPSA) is 33.2 Å². The summed E-state index contributed by atoms with van der Waals surface area (Å²) in [6.45, 7) is -0.478. The second-order valence-corrected chi connectivity index (χ2v) is 8.01. The molecular formula is C26H18F6N2O. The van der Waals surface area contributed by atoms with Crippen molar-refractivity contribution < 1.29 is 31.1 Å². The first-order valence-corrected chi connectivity index (χ1v) is 10.4. The molecule has 0 fully saturated rings. The standard InChI is InChI=1S/C26H18F6N2O/c1-34(15-16-11-19(25(27,28)29)13-20(12-16)26(30,31)32)24(35)23-22(17-7-3-2-4-8-17)21-10-6-5-9-18(21)14-33-23/h2-14H,15H2,1H3. The van der Waals surface area contributed by atoms with E-state index in [0.717, 1.165) is 15.7 Å². The maximum atomic E-state index is 13.4. The number of carbonyl (C=O) groups is 1. The van der Waals surface area contributed by atoms with Crippen molar-refractivity contribution in [2.24, 2.45) is 0 Å². The van der Waals surface area contributed by atoms with Crippen LogP contribution in [0.2, 0.25) is 0 Å². The van der Waals surface area contributed by atoms with Crippen molar-refractivity contribution in [2.75, 3.05) is 7.05 Å². The number of alkyl halides is 6. The first-order chi connectivity index (χ1) is 16.4. The van der Waals surface area contributed by atoms with Gasteiger partial charge in [0.2, 0.25) is 0 Å². The Morgan fingerprint density at radius 2 is 1.40 bits per heavy atom. The van der Waals surface area contributed by atoms with Crippen LogP contribution < -0.4 is 0 Å². The van der Waals surface area contributed by atoms with Gasteiger partial charge < -0.3 is 4.90 Å². The highest BCUT2D eigenvalue weighted by Crippen LogP contribution is 2.37. The zero-order valence-corrected chi connectivity index (χ0v) is 18.3. The molecule has 4 aromatic rings. The molecule has 0 aliphatic heterocycles. The van der Waals surface area contributed by atoms with Crippen molar-refractivity contribution in [1.82, 2.24) is 9.88 Å². The van der Waals surface area contributed by atoms with Crippen molar-refractivity contribution in [1.29, 1.82) is 0 Å². The van der Waals surface area contributed by atoms with E-state index in [4.69, 9.17) is 0 Å². The molecule has 4 rings (SSSR count). The van der Waals surface area contributed by atoms with Crippen LogP contribution in [0.15, 0.2) is 79.0 Å². The molecule has 0 aliphatic carbocycles. The van der Waals surface area contributed by atoms with Crippen LogP contribution in [-0.4, -0.2) is 22.8 Å². The maximum Gasteiger partial charge on any atom is 0.416 e. The summed E-state index contributed by atoms with van der Waals surface area (Å²) in [6.07, 6.45) is -8.44. The molecule has 0 saturated heterocycles. The van der Waals surface area contributed by atoms with Gasteiger partial charge in [0.1, 0.15) is 5.69 Å². The Morgan fingerprint density at radius 1 is 0.829 bits per heavy atom. The van der Waals surface area contributed by atoms with Crippen LogP contribution in [0.25, 0.3) is 21.9 Å². The third-order valence-electron chi connectivity index (χ3n) is 5.48. The fraction of sp³-hybridized carbons (Fsp3) is 0.154. The summed E-state index contributed by atoms with van der Waals surface area (Å²) in [6, 6.07) is 17.5. The van der Waals surface area contributed by atoms with Crippen molar-refractivity contribution in [3.05, 3.63) is 101 Å². The Balaban J connectivity index is 1.76. The summed E-state index contributed by atoms with van der Waals surface area (Å²) >= 11 is 0. The molecule has 180 valence electrons. The maximum absolute atomic E-state index is 13.4. The van der Waals surface area contributed by atoms with Gasteiger partial charge >= 0.3 is 12.4 Å². The minimum absolute atomic E-state index is 0.0421. The van der Waals surface area contributed by atoms with Crippen LogP contribution in [0.4, 0.5) is 26.3 Å². The first-order valence-electron chi connectivity index (χ1n) is 10.4. The van der Waals surface area contributed by atoms with Crippen molar-refractivity contribution in [3.63, 3.8) is 0 Å². The lowest BCUT2D eigenvalue weighted by Crippen LogP contribution is -2.28. The van der Waals surface area contributed by atoms with Crippen LogP contribution in [0, 0.1) is 0 Å². The molecule has 0 spiro atoms. The van der Waals surface area contributed by atoms with Gasteiger partial charge in [0.25, 0.3) is 5.91 Å². The minimum Gasteiger partial charge on any atom is -0.336 e. The molecule has 3 aromatic carbocycles. The van der Waals surface area contributed by atoms with Crippen LogP contribution in [0.5, 0.6) is 0 Å². The van der Waals surface area contributed by atoms with E-state index in [1.807, 2.05) is 24.3 Å². The molecule has 0 aliphatic rings. The fourth-order valence-electron chi connectivity index (χ4n) is 3.86. The highest BCUT2D eigenvalue weighted by atomic mass is 19.4. The van der Waals surface area contributed by atoms with E-state index >= 15 is 0 Å². The molecule has 0 atom stereocenters. The monoisotopic (exact) mass is 488 g/mol. The van der Waals surface area contributed by atoms with Crippen molar-refractivity contribution in [3.8, 4) is 11.1 Å². The molecule has 1 aromatic heterocycles. The number of pyridine rings is 1. The van der Waals surface area contributed by atoms with Crippen molar-refractivity contribution >= 4 is 16.7 Å². The van der Waals surface area contributed by atoms with E-state index in [0.29, 0.717) is 23.3 Å². The minimum atomic E-state index is -4.97. The molecule has 0 unspecified atom stereocenters. The number of benzene rings is 3. The van der Waals surface area contributed by atoms with Gasteiger partial charge in [-0.05, 0) is 34.7 Å². The van der Waals surface area contributed by atoms with E-state index in [1.165, 1.54) is 13.2 Å². The zero-order chi connectivity index (χ0) is 25.4. The number of nitrogens with zero attached hydrogens (tertiary/aromatic N) is 2. The number of carbonyl (C=O) groups excluding carboxylic acids is 1. The van der Waals surface area contributed by atoms with Gasteiger partial charge in [-0.3, -0.25) is 4.79 Å². The summed E-state index contributed by atoms with van der Waals surface area (Å²) in [5.41, 5.74) is -1.90. The number of halogens is 6. The molecular weight excluding hydrogens is 470 g/mol. The molecule has 0 N–H and O–H groups in total. The zero-order valence-electron chi connectivity index (χ0n) is 18.3. The van der Waals surface area contributed by atoms with Crippen LogP contribution in [0.1, 0.15) is 27.2 Å². The molecule has 0 bridgehead atoms. The molecule has 35 heavy (non-hydrogen) atoms. The number of hydrogen-bond acceptors (Lipinski definition) is 2. The lowest BCUT2D eigenvalue weighted by Gasteiger charge is -2.21. The number of amides is 1. The van der Waals surface area contributed by atoms with Gasteiger partial charge in [-0.1, -0.05) is 54.6 Å². The van der Waals surface area contributed by atoms with E-state index in [9.17, 15) is 31.1 Å². The predicted octanol–water partition coefficient (Wildman–Crippen LogP) is 7.21. The average Bonchev–Trinajstić information content (AvgIpc) is 2.82. The van der Waals surface area contributed by atoms with Gasteiger partial charge in [-0.15, -0.1) is 0 Å². The first kappa shape index (κ1) is 24.3. The van der Waals surface area contributed by atoms with Gasteiger partial charge in [0.05, 0.1) is 11.1 Å². The molecule has 0 saturated carbocycles. The van der Waals surface area contributed by atoms with Gasteiger partial charge in [-0.2, -0.15) is 26.3 Å². The summed E-state index contributed by atoms with van der Waals surface area (Å²) in [4.78, 5) is 18.7. The lowest BCUT2D eigenvalue weighted by atomic mass is 9.97. The molecule has 1 amide bonds. The average molecular weight is 488 g/mol. The SMILES string of the molecule is CN(Cc1cc(C(F)(F)F)cc(C(F)(F)F)c1)C(=O)c1ncc2ccccc2c1-c1ccccc1. The smallest absolute Gasteiger partial charge is 0.336 e.